The van der Waals surface area contributed by atoms with E-state index in [0.29, 0.717) is 0 Å². The van der Waals surface area contributed by atoms with Crippen molar-refractivity contribution in [1.82, 2.24) is 0 Å². The molecule has 0 unspecified atom stereocenters. The molecular formula is H2CuN4O4. The molecular weight excluding hydrogens is 184 g/mol. The molecule has 0 rings (SSSR count). The molecule has 0 aromatic heterocycles. The van der Waals surface area contributed by atoms with E-state index in [-0.39, 0.29) is 17.1 Å². The number of hydrogen-bond donors (Lipinski definition) is 2. The average Bonchev–Trinajstić information content (AvgIpc) is 1.88. The van der Waals surface area contributed by atoms with Crippen LogP contribution in [0.4, 0.5) is 0 Å². The molecule has 57 valence electrons. The molecule has 0 aliphatic rings. The zero-order valence-corrected chi connectivity index (χ0v) is 4.74. The second kappa shape index (κ2) is 28.4. The van der Waals surface area contributed by atoms with Crippen LogP contribution in [-0.2, 0) is 17.1 Å². The Morgan fingerprint density at radius 2 is 1.00 bits per heavy atom. The molecule has 0 saturated heterocycles. The summed E-state index contributed by atoms with van der Waals surface area (Å²) in [6.07, 6.45) is 0. The van der Waals surface area contributed by atoms with Gasteiger partial charge in [-0.05, 0) is 0 Å². The van der Waals surface area contributed by atoms with Crippen LogP contribution in [0.15, 0.2) is 21.1 Å². The Hall–Kier alpha value is -1.08. The minimum atomic E-state index is 0. The topological polar surface area (TPSA) is 136 Å². The Bertz CT molecular complexity index is 53.0. The molecule has 1 radical (unpaired) electrons. The van der Waals surface area contributed by atoms with Crippen molar-refractivity contribution in [2.45, 2.75) is 0 Å². The normalized spacial score (nSPS) is 8.00. The van der Waals surface area contributed by atoms with Crippen LogP contribution in [0.2, 0.25) is 0 Å². The molecule has 0 aromatic carbocycles. The van der Waals surface area contributed by atoms with Crippen LogP contribution in [0, 0.1) is 10.4 Å². The fraction of sp³-hybridized carbons (Fsp3) is 0. The van der Waals surface area contributed by atoms with Gasteiger partial charge in [-0.15, -0.1) is 0 Å². The maximum atomic E-state index is 8.51. The fourth-order valence-corrected chi connectivity index (χ4v) is 0. The van der Waals surface area contributed by atoms with Crippen molar-refractivity contribution >= 4 is 0 Å². The summed E-state index contributed by atoms with van der Waals surface area (Å²) in [5, 5.41) is 38.0. The number of hydrogen-bond acceptors (Lipinski definition) is 6. The Kier molecular flexibility index (Phi) is 49.5. The van der Waals surface area contributed by atoms with Crippen LogP contribution in [0.25, 0.3) is 0 Å². The summed E-state index contributed by atoms with van der Waals surface area (Å²) < 4.78 is 0. The van der Waals surface area contributed by atoms with Crippen LogP contribution < -0.4 is 0 Å². The van der Waals surface area contributed by atoms with Crippen LogP contribution >= 0.6 is 0 Å². The van der Waals surface area contributed by atoms with Gasteiger partial charge in [0.1, 0.15) is 0 Å². The second-order valence-corrected chi connectivity index (χ2v) is 0.342. The van der Waals surface area contributed by atoms with Gasteiger partial charge in [0.25, 0.3) is 0 Å². The van der Waals surface area contributed by atoms with E-state index >= 15 is 0 Å². The van der Waals surface area contributed by atoms with E-state index in [1.54, 1.807) is 21.1 Å². The quantitative estimate of drug-likeness (QED) is 0.325. The predicted molar refractivity (Wildman–Crippen MR) is 20.0 cm³/mol. The molecule has 0 bridgehead atoms. The molecule has 2 N–H and O–H groups in total. The second-order valence-electron chi connectivity index (χ2n) is 0.342. The smallest absolute Gasteiger partial charge is 0.773 e. The van der Waals surface area contributed by atoms with E-state index in [2.05, 4.69) is 0 Å². The van der Waals surface area contributed by atoms with Crippen molar-refractivity contribution in [3.05, 3.63) is 10.4 Å². The standard InChI is InChI=1S/Cu.2H2N2O2/c;2*3-1-2-4/h;2*(H,1,4)(H,2,3)/q+2;;/p-2. The molecule has 9 heavy (non-hydrogen) atoms. The minimum absolute atomic E-state index is 0. The van der Waals surface area contributed by atoms with Gasteiger partial charge in [-0.1, -0.05) is 0 Å². The van der Waals surface area contributed by atoms with Crippen molar-refractivity contribution in [3.8, 4) is 0 Å². The first kappa shape index (κ1) is 15.7. The minimum Gasteiger partial charge on any atom is -0.773 e. The van der Waals surface area contributed by atoms with Crippen molar-refractivity contribution < 1.29 is 27.5 Å². The van der Waals surface area contributed by atoms with Crippen LogP contribution in [0.1, 0.15) is 0 Å². The van der Waals surface area contributed by atoms with Gasteiger partial charge in [-0.25, -0.2) is 0 Å². The molecule has 0 heterocycles. The molecule has 9 heteroatoms. The molecule has 0 fully saturated rings. The third-order valence-corrected chi connectivity index (χ3v) is 0.0730. The van der Waals surface area contributed by atoms with E-state index in [9.17, 15) is 0 Å². The largest absolute Gasteiger partial charge is 2.00 e. The average molecular weight is 186 g/mol. The van der Waals surface area contributed by atoms with E-state index in [0.717, 1.165) is 0 Å². The summed E-state index contributed by atoms with van der Waals surface area (Å²) >= 11 is 0. The zero-order chi connectivity index (χ0) is 6.83. The van der Waals surface area contributed by atoms with Crippen molar-refractivity contribution in [2.75, 3.05) is 0 Å². The van der Waals surface area contributed by atoms with Gasteiger partial charge in [-0.3, -0.25) is 0 Å². The van der Waals surface area contributed by atoms with Gasteiger partial charge in [0.05, 0.1) is 0 Å². The molecule has 0 saturated carbocycles. The summed E-state index contributed by atoms with van der Waals surface area (Å²) in [6, 6.07) is 0. The first-order valence-electron chi connectivity index (χ1n) is 1.17. The summed E-state index contributed by atoms with van der Waals surface area (Å²) in [5.41, 5.74) is 0. The molecule has 0 aliphatic heterocycles. The van der Waals surface area contributed by atoms with Crippen molar-refractivity contribution in [3.63, 3.8) is 0 Å². The summed E-state index contributed by atoms with van der Waals surface area (Å²) in [6.45, 7) is 0. The SMILES string of the molecule is [Cu+2].[O-]N=NO.[O-]N=NO. The number of rotatable bonds is 0. The molecule has 0 spiro atoms. The monoisotopic (exact) mass is 185 g/mol. The third kappa shape index (κ3) is 198. The van der Waals surface area contributed by atoms with E-state index < -0.39 is 0 Å². The van der Waals surface area contributed by atoms with Gasteiger partial charge in [0.2, 0.25) is 0 Å². The fourth-order valence-electron chi connectivity index (χ4n) is 0. The Morgan fingerprint density at radius 1 is 0.889 bits per heavy atom. The van der Waals surface area contributed by atoms with Gasteiger partial charge < -0.3 is 20.8 Å². The van der Waals surface area contributed by atoms with E-state index in [1.165, 1.54) is 0 Å². The van der Waals surface area contributed by atoms with E-state index in [1.807, 2.05) is 0 Å². The first-order chi connectivity index (χ1) is 3.83. The Morgan fingerprint density at radius 3 is 1.00 bits per heavy atom. The number of nitrogens with zero attached hydrogens (tertiary/aromatic N) is 4. The third-order valence-electron chi connectivity index (χ3n) is 0.0730. The van der Waals surface area contributed by atoms with Crippen molar-refractivity contribution in [1.29, 1.82) is 0 Å². The van der Waals surface area contributed by atoms with Gasteiger partial charge >= 0.3 is 17.1 Å². The van der Waals surface area contributed by atoms with Crippen LogP contribution in [0.5, 0.6) is 0 Å². The Balaban J connectivity index is -0.0000000720. The van der Waals surface area contributed by atoms with Crippen LogP contribution in [-0.4, -0.2) is 10.4 Å². The molecule has 0 aliphatic carbocycles. The van der Waals surface area contributed by atoms with Gasteiger partial charge in [-0.2, -0.15) is 10.6 Å². The van der Waals surface area contributed by atoms with Gasteiger partial charge in [0, 0.05) is 10.6 Å². The van der Waals surface area contributed by atoms with Crippen molar-refractivity contribution in [2.24, 2.45) is 21.1 Å². The molecule has 8 nitrogen and oxygen atoms in total. The summed E-state index contributed by atoms with van der Waals surface area (Å²) in [5.74, 6) is 0. The predicted octanol–water partition coefficient (Wildman–Crippen LogP) is 0.649. The first-order valence-corrected chi connectivity index (χ1v) is 1.17. The zero-order valence-electron chi connectivity index (χ0n) is 3.80. The molecule has 0 amide bonds. The Labute approximate surface area is 59.9 Å². The maximum Gasteiger partial charge on any atom is 2.00 e. The van der Waals surface area contributed by atoms with Crippen LogP contribution in [0.3, 0.4) is 0 Å². The van der Waals surface area contributed by atoms with E-state index in [4.69, 9.17) is 20.8 Å². The molecule has 0 atom stereocenters. The summed E-state index contributed by atoms with van der Waals surface area (Å²) in [4.78, 5) is 0. The summed E-state index contributed by atoms with van der Waals surface area (Å²) in [7, 11) is 0. The van der Waals surface area contributed by atoms with Gasteiger partial charge in [0.15, 0.2) is 0 Å². The maximum absolute atomic E-state index is 8.51. The molecule has 0 aromatic rings.